The predicted octanol–water partition coefficient (Wildman–Crippen LogP) is 4.01. The smallest absolute Gasteiger partial charge is 0.175 e. The highest BCUT2D eigenvalue weighted by molar-refractivity contribution is 7.25. The Bertz CT molecular complexity index is 1530. The molecular weight excluding hydrogens is 520 g/mol. The highest BCUT2D eigenvalue weighted by Crippen LogP contribution is 2.36. The molecule has 0 saturated carbocycles. The van der Waals surface area contributed by atoms with E-state index in [0.29, 0.717) is 10.8 Å². The summed E-state index contributed by atoms with van der Waals surface area (Å²) < 4.78 is 6.56. The molecule has 0 bridgehead atoms. The molecule has 0 radical (unpaired) electrons. The van der Waals surface area contributed by atoms with Crippen LogP contribution in [-0.2, 0) is 19.3 Å². The van der Waals surface area contributed by atoms with Gasteiger partial charge >= 0.3 is 0 Å². The van der Waals surface area contributed by atoms with E-state index in [-0.39, 0.29) is 0 Å². The van der Waals surface area contributed by atoms with Crippen molar-refractivity contribution in [2.75, 3.05) is 46.4 Å². The van der Waals surface area contributed by atoms with E-state index in [2.05, 4.69) is 54.7 Å². The van der Waals surface area contributed by atoms with Crippen LogP contribution in [0.25, 0.3) is 20.3 Å². The van der Waals surface area contributed by atoms with E-state index >= 15 is 0 Å². The summed E-state index contributed by atoms with van der Waals surface area (Å²) in [5, 5.41) is 17.2. The van der Waals surface area contributed by atoms with E-state index < -0.39 is 0 Å². The number of rotatable bonds is 9. The number of H-pyrrole nitrogens is 1. The standard InChI is InChI=1S/C27H29ClN8OS/c1-37-23-6-5-18(16-22(23)28)15-19-3-2-4-20-21-17-29-24(30-27(21)38-26(19)20)7-9-35-11-13-36(14-12-35)10-8-25-31-33-34-32-25/h2-6,16-17H,7-15H2,1H3,(H,31,32,33,34). The zero-order valence-electron chi connectivity index (χ0n) is 21.2. The van der Waals surface area contributed by atoms with Gasteiger partial charge in [0, 0.05) is 73.8 Å². The molecule has 0 spiro atoms. The van der Waals surface area contributed by atoms with Crippen LogP contribution in [-0.4, -0.2) is 86.8 Å². The Labute approximate surface area is 229 Å². The van der Waals surface area contributed by atoms with Crippen LogP contribution in [0.3, 0.4) is 0 Å². The Kier molecular flexibility index (Phi) is 7.46. The Morgan fingerprint density at radius 2 is 1.79 bits per heavy atom. The van der Waals surface area contributed by atoms with Gasteiger partial charge in [-0.25, -0.2) is 9.97 Å². The fourth-order valence-corrected chi connectivity index (χ4v) is 6.47. The van der Waals surface area contributed by atoms with Crippen molar-refractivity contribution in [2.45, 2.75) is 19.3 Å². The fraction of sp³-hybridized carbons (Fsp3) is 0.370. The average molecular weight is 549 g/mol. The number of hydrogen-bond donors (Lipinski definition) is 1. The molecule has 1 saturated heterocycles. The quantitative estimate of drug-likeness (QED) is 0.295. The number of nitrogens with one attached hydrogen (secondary N) is 1. The molecule has 4 heterocycles. The lowest BCUT2D eigenvalue weighted by Gasteiger charge is -2.34. The van der Waals surface area contributed by atoms with E-state index in [1.165, 1.54) is 15.6 Å². The van der Waals surface area contributed by atoms with E-state index in [1.54, 1.807) is 18.4 Å². The van der Waals surface area contributed by atoms with Gasteiger partial charge in [0.1, 0.15) is 16.4 Å². The van der Waals surface area contributed by atoms with Crippen LogP contribution in [0.4, 0.5) is 0 Å². The molecule has 1 aliphatic heterocycles. The summed E-state index contributed by atoms with van der Waals surface area (Å²) >= 11 is 8.12. The van der Waals surface area contributed by atoms with Gasteiger partial charge < -0.3 is 14.5 Å². The Hall–Kier alpha value is -3.18. The highest BCUT2D eigenvalue weighted by Gasteiger charge is 2.18. The average Bonchev–Trinajstić information content (AvgIpc) is 3.60. The van der Waals surface area contributed by atoms with Crippen molar-refractivity contribution < 1.29 is 4.74 Å². The molecule has 1 fully saturated rings. The Morgan fingerprint density at radius 1 is 1.00 bits per heavy atom. The van der Waals surface area contributed by atoms with Gasteiger partial charge in [0.05, 0.1) is 12.1 Å². The van der Waals surface area contributed by atoms with Gasteiger partial charge in [0.2, 0.25) is 0 Å². The summed E-state index contributed by atoms with van der Waals surface area (Å²) in [6, 6.07) is 12.5. The topological polar surface area (TPSA) is 96.0 Å². The van der Waals surface area contributed by atoms with Crippen molar-refractivity contribution in [2.24, 2.45) is 0 Å². The molecule has 5 aromatic rings. The van der Waals surface area contributed by atoms with E-state index in [9.17, 15) is 0 Å². The molecule has 1 aliphatic rings. The van der Waals surface area contributed by atoms with Gasteiger partial charge in [-0.1, -0.05) is 41.1 Å². The first-order valence-electron chi connectivity index (χ1n) is 12.8. The van der Waals surface area contributed by atoms with Crippen LogP contribution in [0.1, 0.15) is 22.8 Å². The largest absolute Gasteiger partial charge is 0.495 e. The number of benzene rings is 2. The molecule has 9 nitrogen and oxygen atoms in total. The summed E-state index contributed by atoms with van der Waals surface area (Å²) in [5.41, 5.74) is 2.42. The van der Waals surface area contributed by atoms with Crippen LogP contribution >= 0.6 is 22.9 Å². The zero-order chi connectivity index (χ0) is 25.9. The highest BCUT2D eigenvalue weighted by atomic mass is 35.5. The Morgan fingerprint density at radius 3 is 2.50 bits per heavy atom. The monoisotopic (exact) mass is 548 g/mol. The van der Waals surface area contributed by atoms with Crippen LogP contribution in [0.5, 0.6) is 5.75 Å². The molecule has 0 amide bonds. The van der Waals surface area contributed by atoms with Crippen molar-refractivity contribution in [3.05, 3.63) is 70.4 Å². The van der Waals surface area contributed by atoms with Crippen molar-refractivity contribution in [1.82, 2.24) is 40.4 Å². The number of fused-ring (bicyclic) bond motifs is 3. The second kappa shape index (κ2) is 11.3. The first kappa shape index (κ1) is 25.1. The van der Waals surface area contributed by atoms with E-state index in [4.69, 9.17) is 26.3 Å². The summed E-state index contributed by atoms with van der Waals surface area (Å²) in [6.07, 6.45) is 4.48. The third-order valence-electron chi connectivity index (χ3n) is 7.16. The van der Waals surface area contributed by atoms with Gasteiger partial charge in [-0.2, -0.15) is 5.21 Å². The number of ether oxygens (including phenoxy) is 1. The van der Waals surface area contributed by atoms with Crippen molar-refractivity contribution in [3.8, 4) is 5.75 Å². The lowest BCUT2D eigenvalue weighted by atomic mass is 10.0. The molecule has 0 unspecified atom stereocenters. The number of tetrazole rings is 1. The van der Waals surface area contributed by atoms with Crippen LogP contribution in [0, 0.1) is 0 Å². The van der Waals surface area contributed by atoms with Gasteiger partial charge in [0.25, 0.3) is 0 Å². The van der Waals surface area contributed by atoms with Gasteiger partial charge in [0.15, 0.2) is 5.82 Å². The van der Waals surface area contributed by atoms with Crippen LogP contribution in [0.2, 0.25) is 5.02 Å². The van der Waals surface area contributed by atoms with Crippen LogP contribution in [0.15, 0.2) is 42.6 Å². The van der Waals surface area contributed by atoms with Crippen LogP contribution < -0.4 is 4.74 Å². The molecular formula is C27H29ClN8OS. The molecule has 6 rings (SSSR count). The molecule has 11 heteroatoms. The van der Waals surface area contributed by atoms with Crippen molar-refractivity contribution in [1.29, 1.82) is 0 Å². The number of piperazine rings is 1. The summed E-state index contributed by atoms with van der Waals surface area (Å²) in [6.45, 7) is 6.14. The zero-order valence-corrected chi connectivity index (χ0v) is 22.8. The third kappa shape index (κ3) is 5.49. The number of halogens is 1. The molecule has 1 N–H and O–H groups in total. The summed E-state index contributed by atoms with van der Waals surface area (Å²) in [4.78, 5) is 15.7. The Balaban J connectivity index is 1.10. The molecule has 2 aromatic carbocycles. The third-order valence-corrected chi connectivity index (χ3v) is 8.64. The van der Waals surface area contributed by atoms with Crippen molar-refractivity contribution >= 4 is 43.2 Å². The summed E-state index contributed by atoms with van der Waals surface area (Å²) in [5.74, 6) is 2.38. The maximum Gasteiger partial charge on any atom is 0.175 e. The van der Waals surface area contributed by atoms with Gasteiger partial charge in [-0.3, -0.25) is 0 Å². The molecule has 196 valence electrons. The number of nitrogens with zero attached hydrogens (tertiary/aromatic N) is 7. The van der Waals surface area contributed by atoms with Gasteiger partial charge in [-0.05, 0) is 29.7 Å². The first-order valence-corrected chi connectivity index (χ1v) is 14.0. The maximum atomic E-state index is 6.37. The minimum atomic E-state index is 0.634. The minimum absolute atomic E-state index is 0.634. The number of aromatic amines is 1. The first-order chi connectivity index (χ1) is 18.7. The number of hydrogen-bond acceptors (Lipinski definition) is 9. The summed E-state index contributed by atoms with van der Waals surface area (Å²) in [7, 11) is 1.63. The lowest BCUT2D eigenvalue weighted by Crippen LogP contribution is -2.47. The second-order valence-electron chi connectivity index (χ2n) is 9.56. The minimum Gasteiger partial charge on any atom is -0.495 e. The number of aromatic nitrogens is 6. The normalized spacial score (nSPS) is 15.0. The molecule has 3 aromatic heterocycles. The second-order valence-corrected chi connectivity index (χ2v) is 11.0. The fourth-order valence-electron chi connectivity index (χ4n) is 5.02. The molecule has 0 atom stereocenters. The predicted molar refractivity (Wildman–Crippen MR) is 150 cm³/mol. The van der Waals surface area contributed by atoms with Crippen molar-refractivity contribution in [3.63, 3.8) is 0 Å². The molecule has 38 heavy (non-hydrogen) atoms. The van der Waals surface area contributed by atoms with E-state index in [0.717, 1.165) is 86.0 Å². The SMILES string of the molecule is COc1ccc(Cc2cccc3c2sc2nc(CCN4CCN(CCc5nn[nH]n5)CC4)ncc23)cc1Cl. The number of thiophene rings is 1. The molecule has 0 aliphatic carbocycles. The van der Waals surface area contributed by atoms with E-state index in [1.807, 2.05) is 18.3 Å². The number of methoxy groups -OCH3 is 1. The maximum absolute atomic E-state index is 6.37. The lowest BCUT2D eigenvalue weighted by molar-refractivity contribution is 0.133. The van der Waals surface area contributed by atoms with Gasteiger partial charge in [-0.15, -0.1) is 21.5 Å².